The number of imidazole rings is 2. The fraction of sp³-hybridized carbons (Fsp3) is 0.688. The molecule has 25 heteroatoms. The highest BCUT2D eigenvalue weighted by molar-refractivity contribution is 7.80. The Kier molecular flexibility index (Phi) is 28.2. The second kappa shape index (κ2) is 32.8. The topological polar surface area (TPSA) is 307 Å². The van der Waals surface area contributed by atoms with Crippen LogP contribution < -0.4 is 15.4 Å². The second-order valence-corrected chi connectivity index (χ2v) is 29.3. The van der Waals surface area contributed by atoms with E-state index in [0.29, 0.717) is 30.3 Å². The smallest absolute Gasteiger partial charge is 0.306 e. The molecule has 3 aromatic rings. The van der Waals surface area contributed by atoms with Gasteiger partial charge in [-0.2, -0.15) is 0 Å². The van der Waals surface area contributed by atoms with Gasteiger partial charge in [-0.3, -0.25) is 47.5 Å². The second-order valence-electron chi connectivity index (χ2n) is 28.6. The first-order valence-corrected chi connectivity index (χ1v) is 31.5. The van der Waals surface area contributed by atoms with E-state index < -0.39 is 104 Å². The molecule has 2 aromatic heterocycles. The molecule has 2 amide bonds. The van der Waals surface area contributed by atoms with E-state index in [1.165, 1.54) is 0 Å². The number of carbonyl (C=O) groups is 8. The Morgan fingerprint density at radius 1 is 0.461 bits per heavy atom. The number of amides is 2. The van der Waals surface area contributed by atoms with Gasteiger partial charge in [0.15, 0.2) is 0 Å². The zero-order valence-corrected chi connectivity index (χ0v) is 56.8. The van der Waals surface area contributed by atoms with Gasteiger partial charge in [0, 0.05) is 97.9 Å². The van der Waals surface area contributed by atoms with Gasteiger partial charge in [0.25, 0.3) is 0 Å². The van der Waals surface area contributed by atoms with Gasteiger partial charge >= 0.3 is 35.8 Å². The molecule has 1 unspecified atom stereocenters. The van der Waals surface area contributed by atoms with Gasteiger partial charge in [0.2, 0.25) is 11.8 Å². The zero-order chi connectivity index (χ0) is 67.4. The van der Waals surface area contributed by atoms with Crippen molar-refractivity contribution in [1.82, 2.24) is 34.6 Å². The minimum absolute atomic E-state index is 0.00546. The molecule has 1 atom stereocenters. The molecule has 500 valence electrons. The number of anilines is 1. The van der Waals surface area contributed by atoms with Crippen LogP contribution in [0, 0.1) is 0 Å². The highest BCUT2D eigenvalue weighted by Crippen LogP contribution is 2.31. The summed E-state index contributed by atoms with van der Waals surface area (Å²) in [5.74, 6) is -3.36. The molecule has 24 nitrogen and oxygen atoms in total. The van der Waals surface area contributed by atoms with Gasteiger partial charge in [-0.15, -0.1) is 0 Å². The van der Waals surface area contributed by atoms with Crippen LogP contribution in [0.1, 0.15) is 219 Å². The SMILES string of the molecule is CC(C)(C)OC(=O)CCC(CCC(=O)OC(C)(C)C)(CCC(=O)OC(C)(C)C)NC(=O)Cn1ccnc1CN(CCc1ccc(NS(=O)[O-])cc1)Cc1nccn1CC(=O)NC(CCC(=O)OC(C)(C)C)(CCC(=O)OC(C)(C)C)CCC(=O)OC(C)(C)C. The minimum atomic E-state index is -2.53. The number of benzene rings is 1. The van der Waals surface area contributed by atoms with Crippen molar-refractivity contribution in [2.75, 3.05) is 11.3 Å². The Morgan fingerprint density at radius 3 is 0.978 bits per heavy atom. The van der Waals surface area contributed by atoms with Crippen molar-refractivity contribution in [2.24, 2.45) is 0 Å². The van der Waals surface area contributed by atoms with Crippen LogP contribution in [-0.2, 0) is 111 Å². The van der Waals surface area contributed by atoms with Crippen molar-refractivity contribution < 1.29 is 75.5 Å². The molecule has 0 aliphatic carbocycles. The van der Waals surface area contributed by atoms with Crippen LogP contribution >= 0.6 is 0 Å². The summed E-state index contributed by atoms with van der Waals surface area (Å²) in [5.41, 5.74) is -6.26. The summed E-state index contributed by atoms with van der Waals surface area (Å²) in [6.07, 6.45) is 5.89. The summed E-state index contributed by atoms with van der Waals surface area (Å²) >= 11 is -2.53. The van der Waals surface area contributed by atoms with Crippen molar-refractivity contribution in [3.63, 3.8) is 0 Å². The van der Waals surface area contributed by atoms with Crippen LogP contribution in [0.25, 0.3) is 0 Å². The Hall–Kier alpha value is -6.73. The van der Waals surface area contributed by atoms with Crippen molar-refractivity contribution in [1.29, 1.82) is 0 Å². The first-order valence-electron chi connectivity index (χ1n) is 30.4. The van der Waals surface area contributed by atoms with Crippen molar-refractivity contribution in [3.8, 4) is 0 Å². The first kappa shape index (κ1) is 76.5. The summed E-state index contributed by atoms with van der Waals surface area (Å²) in [6.45, 7) is 31.3. The standard InChI is InChI=1S/C64H102N8O16S/c1-57(2,3)83-51(75)23-30-63(31-24-52(76)84-58(4,5)6,32-25-53(77)85-59(7,8)9)67-49(73)43-71-39-36-65-47(71)41-70(38-29-45-19-21-46(22-20-45)69-89(81)82)42-48-66-37-40-72(48)44-50(74)68-64(33-26-54(78)86-60(10,11)12,34-27-55(79)87-61(13,14)15)35-28-56(80)88-62(16,17)18/h19-22,36-37,39-40,69H,23-35,38,41-44H2,1-18H3,(H,67,73)(H,68,74)(H,81,82)/p-1. The molecule has 89 heavy (non-hydrogen) atoms. The van der Waals surface area contributed by atoms with Gasteiger partial charge in [-0.25, -0.2) is 9.97 Å². The molecule has 0 saturated heterocycles. The van der Waals surface area contributed by atoms with Crippen LogP contribution in [0.2, 0.25) is 0 Å². The molecule has 0 fully saturated rings. The molecule has 0 radical (unpaired) electrons. The molecular formula is C64H101N8O16S-. The predicted octanol–water partition coefficient (Wildman–Crippen LogP) is 8.97. The van der Waals surface area contributed by atoms with Gasteiger partial charge < -0.3 is 57.5 Å². The normalized spacial score (nSPS) is 13.0. The lowest BCUT2D eigenvalue weighted by Crippen LogP contribution is -2.51. The minimum Gasteiger partial charge on any atom is -0.755 e. The predicted molar refractivity (Wildman–Crippen MR) is 333 cm³/mol. The van der Waals surface area contributed by atoms with Crippen molar-refractivity contribution in [2.45, 2.75) is 279 Å². The summed E-state index contributed by atoms with van der Waals surface area (Å²) in [4.78, 5) is 120. The molecule has 0 bridgehead atoms. The molecule has 3 rings (SSSR count). The van der Waals surface area contributed by atoms with E-state index in [4.69, 9.17) is 28.4 Å². The Balaban J connectivity index is 2.08. The average molecular weight is 1270 g/mol. The highest BCUT2D eigenvalue weighted by Gasteiger charge is 2.38. The third-order valence-electron chi connectivity index (χ3n) is 13.0. The van der Waals surface area contributed by atoms with Crippen molar-refractivity contribution >= 4 is 64.6 Å². The monoisotopic (exact) mass is 1270 g/mol. The molecule has 3 N–H and O–H groups in total. The molecule has 0 aliphatic rings. The quantitative estimate of drug-likeness (QED) is 0.0291. The lowest BCUT2D eigenvalue weighted by Gasteiger charge is -2.36. The third-order valence-corrected chi connectivity index (χ3v) is 13.4. The summed E-state index contributed by atoms with van der Waals surface area (Å²) in [7, 11) is 0. The van der Waals surface area contributed by atoms with Gasteiger partial charge in [-0.05, 0) is 187 Å². The van der Waals surface area contributed by atoms with Gasteiger partial charge in [-0.1, -0.05) is 12.1 Å². The lowest BCUT2D eigenvalue weighted by atomic mass is 9.83. The number of ether oxygens (including phenoxy) is 6. The lowest BCUT2D eigenvalue weighted by molar-refractivity contribution is -0.158. The maximum absolute atomic E-state index is 14.6. The number of esters is 6. The average Bonchev–Trinajstić information content (AvgIpc) is 4.26. The van der Waals surface area contributed by atoms with E-state index in [2.05, 4.69) is 25.3 Å². The van der Waals surface area contributed by atoms with E-state index in [1.54, 1.807) is 183 Å². The molecule has 0 spiro atoms. The Labute approximate surface area is 529 Å². The van der Waals surface area contributed by atoms with Crippen LogP contribution in [0.3, 0.4) is 0 Å². The highest BCUT2D eigenvalue weighted by atomic mass is 32.2. The molecule has 1 aromatic carbocycles. The molecule has 0 aliphatic heterocycles. The molecule has 2 heterocycles. The summed E-state index contributed by atoms with van der Waals surface area (Å²) in [5, 5.41) is 6.25. The first-order chi connectivity index (χ1) is 40.8. The van der Waals surface area contributed by atoms with Crippen LogP contribution in [0.15, 0.2) is 49.1 Å². The van der Waals surface area contributed by atoms with Crippen LogP contribution in [0.5, 0.6) is 0 Å². The van der Waals surface area contributed by atoms with E-state index >= 15 is 0 Å². The summed E-state index contributed by atoms with van der Waals surface area (Å²) in [6, 6.07) is 6.83. The van der Waals surface area contributed by atoms with Crippen LogP contribution in [-0.4, -0.2) is 132 Å². The molecular weight excluding hydrogens is 1170 g/mol. The van der Waals surface area contributed by atoms with Crippen molar-refractivity contribution in [3.05, 3.63) is 66.3 Å². The fourth-order valence-corrected chi connectivity index (χ4v) is 9.84. The Bertz CT molecular complexity index is 2540. The van der Waals surface area contributed by atoms with E-state index in [0.717, 1.165) is 5.56 Å². The van der Waals surface area contributed by atoms with E-state index in [1.807, 2.05) is 4.90 Å². The number of aromatic nitrogens is 4. The maximum atomic E-state index is 14.6. The number of rotatable bonds is 33. The van der Waals surface area contributed by atoms with Gasteiger partial charge in [0.1, 0.15) is 58.3 Å². The largest absolute Gasteiger partial charge is 0.755 e. The van der Waals surface area contributed by atoms with E-state index in [9.17, 15) is 47.1 Å². The number of nitrogens with one attached hydrogen (secondary N) is 3. The van der Waals surface area contributed by atoms with Gasteiger partial charge in [0.05, 0.1) is 13.1 Å². The fourth-order valence-electron chi connectivity index (χ4n) is 9.52. The number of hydrogen-bond acceptors (Lipinski definition) is 19. The zero-order valence-electron chi connectivity index (χ0n) is 56.0. The maximum Gasteiger partial charge on any atom is 0.306 e. The number of carbonyl (C=O) groups excluding carboxylic acids is 8. The van der Waals surface area contributed by atoms with Crippen LogP contribution in [0.4, 0.5) is 5.69 Å². The Morgan fingerprint density at radius 2 is 0.730 bits per heavy atom. The summed E-state index contributed by atoms with van der Waals surface area (Å²) < 4.78 is 62.3. The van der Waals surface area contributed by atoms with E-state index in [-0.39, 0.29) is 103 Å². The number of hydrogen-bond donors (Lipinski definition) is 3. The molecule has 0 saturated carbocycles. The third kappa shape index (κ3) is 33.1. The number of nitrogens with zero attached hydrogens (tertiary/aromatic N) is 5.